The number of H-pyrrole nitrogens is 1. The third-order valence-electron chi connectivity index (χ3n) is 3.27. The molecule has 5 heteroatoms. The highest BCUT2D eigenvalue weighted by atomic mass is 16.5. The predicted octanol–water partition coefficient (Wildman–Crippen LogP) is 2.34. The first-order valence-electron chi connectivity index (χ1n) is 7.24. The number of methoxy groups -OCH3 is 1. The van der Waals surface area contributed by atoms with Crippen LogP contribution in [0.4, 0.5) is 0 Å². The predicted molar refractivity (Wildman–Crippen MR) is 82.6 cm³/mol. The van der Waals surface area contributed by atoms with Crippen LogP contribution in [0.5, 0.6) is 0 Å². The fourth-order valence-electron chi connectivity index (χ4n) is 2.13. The number of hydrogen-bond acceptors (Lipinski definition) is 3. The van der Waals surface area contributed by atoms with E-state index in [2.05, 4.69) is 10.3 Å². The van der Waals surface area contributed by atoms with Crippen molar-refractivity contribution in [2.45, 2.75) is 12.8 Å². The number of hydrogen-bond donors (Lipinski definition) is 2. The van der Waals surface area contributed by atoms with Crippen LogP contribution in [-0.2, 0) is 9.47 Å². The summed E-state index contributed by atoms with van der Waals surface area (Å²) in [7, 11) is 1.66. The summed E-state index contributed by atoms with van der Waals surface area (Å²) in [5.41, 5.74) is 1.68. The third-order valence-corrected chi connectivity index (χ3v) is 3.27. The molecular formula is C16H22N2O3. The van der Waals surface area contributed by atoms with Crippen LogP contribution in [0.3, 0.4) is 0 Å². The molecule has 0 aliphatic rings. The number of aromatic nitrogens is 1. The number of ether oxygens (including phenoxy) is 2. The summed E-state index contributed by atoms with van der Waals surface area (Å²) in [6, 6.07) is 7.79. The van der Waals surface area contributed by atoms with Gasteiger partial charge in [0.05, 0.1) is 18.8 Å². The standard InChI is InChI=1S/C16H22N2O3/c1-20-10-11-21-9-5-4-8-17-16(19)14-12-18-15-7-3-2-6-13(14)15/h2-3,6-7,12,18H,4-5,8-11H2,1H3,(H,17,19). The molecule has 21 heavy (non-hydrogen) atoms. The summed E-state index contributed by atoms with van der Waals surface area (Å²) in [5, 5.41) is 3.90. The average molecular weight is 290 g/mol. The SMILES string of the molecule is COCCOCCCCNC(=O)c1c[nH]c2ccccc12. The summed E-state index contributed by atoms with van der Waals surface area (Å²) in [6.07, 6.45) is 3.59. The number of nitrogens with one attached hydrogen (secondary N) is 2. The van der Waals surface area contributed by atoms with Gasteiger partial charge in [0.25, 0.3) is 5.91 Å². The maximum absolute atomic E-state index is 12.1. The molecule has 0 fully saturated rings. The molecule has 114 valence electrons. The van der Waals surface area contributed by atoms with Gasteiger partial charge in [-0.25, -0.2) is 0 Å². The number of carbonyl (C=O) groups excluding carboxylic acids is 1. The van der Waals surface area contributed by atoms with E-state index < -0.39 is 0 Å². The average Bonchev–Trinajstić information content (AvgIpc) is 2.94. The Bertz CT molecular complexity index is 565. The largest absolute Gasteiger partial charge is 0.382 e. The van der Waals surface area contributed by atoms with Crippen LogP contribution >= 0.6 is 0 Å². The normalized spacial score (nSPS) is 10.9. The monoisotopic (exact) mass is 290 g/mol. The van der Waals surface area contributed by atoms with Crippen LogP contribution in [0.2, 0.25) is 0 Å². The highest BCUT2D eigenvalue weighted by Gasteiger charge is 2.10. The summed E-state index contributed by atoms with van der Waals surface area (Å²) in [6.45, 7) is 2.60. The number of benzene rings is 1. The minimum Gasteiger partial charge on any atom is -0.382 e. The van der Waals surface area contributed by atoms with E-state index in [1.165, 1.54) is 0 Å². The smallest absolute Gasteiger partial charge is 0.253 e. The van der Waals surface area contributed by atoms with E-state index in [9.17, 15) is 4.79 Å². The van der Waals surface area contributed by atoms with Gasteiger partial charge in [-0.3, -0.25) is 4.79 Å². The number of para-hydroxylation sites is 1. The zero-order valence-corrected chi connectivity index (χ0v) is 12.4. The second-order valence-corrected chi connectivity index (χ2v) is 4.82. The molecule has 1 aromatic carbocycles. The van der Waals surface area contributed by atoms with Gasteiger partial charge in [0.1, 0.15) is 0 Å². The van der Waals surface area contributed by atoms with E-state index >= 15 is 0 Å². The van der Waals surface area contributed by atoms with Crippen LogP contribution < -0.4 is 5.32 Å². The van der Waals surface area contributed by atoms with Crippen LogP contribution in [-0.4, -0.2) is 44.4 Å². The zero-order valence-electron chi connectivity index (χ0n) is 12.4. The van der Waals surface area contributed by atoms with E-state index in [-0.39, 0.29) is 5.91 Å². The topological polar surface area (TPSA) is 63.4 Å². The van der Waals surface area contributed by atoms with Crippen molar-refractivity contribution in [3.63, 3.8) is 0 Å². The van der Waals surface area contributed by atoms with Gasteiger partial charge in [0.2, 0.25) is 0 Å². The number of aromatic amines is 1. The van der Waals surface area contributed by atoms with Crippen LogP contribution in [0.1, 0.15) is 23.2 Å². The van der Waals surface area contributed by atoms with Crippen LogP contribution in [0.15, 0.2) is 30.5 Å². The van der Waals surface area contributed by atoms with E-state index in [0.29, 0.717) is 31.9 Å². The van der Waals surface area contributed by atoms with Crippen molar-refractivity contribution >= 4 is 16.8 Å². The number of amides is 1. The molecule has 1 amide bonds. The van der Waals surface area contributed by atoms with Crippen LogP contribution in [0.25, 0.3) is 10.9 Å². The Morgan fingerprint density at radius 2 is 2.05 bits per heavy atom. The van der Waals surface area contributed by atoms with Crippen molar-refractivity contribution in [3.05, 3.63) is 36.0 Å². The van der Waals surface area contributed by atoms with E-state index in [0.717, 1.165) is 23.7 Å². The quantitative estimate of drug-likeness (QED) is 0.697. The van der Waals surface area contributed by atoms with Gasteiger partial charge in [0, 0.05) is 37.4 Å². The molecule has 0 aliphatic heterocycles. The highest BCUT2D eigenvalue weighted by molar-refractivity contribution is 6.06. The highest BCUT2D eigenvalue weighted by Crippen LogP contribution is 2.17. The molecule has 0 saturated carbocycles. The van der Waals surface area contributed by atoms with Gasteiger partial charge in [0.15, 0.2) is 0 Å². The summed E-state index contributed by atoms with van der Waals surface area (Å²) >= 11 is 0. The molecule has 1 aromatic heterocycles. The minimum absolute atomic E-state index is 0.0345. The van der Waals surface area contributed by atoms with Crippen molar-refractivity contribution in [2.75, 3.05) is 33.5 Å². The van der Waals surface area contributed by atoms with Gasteiger partial charge in [-0.15, -0.1) is 0 Å². The second-order valence-electron chi connectivity index (χ2n) is 4.82. The van der Waals surface area contributed by atoms with Crippen molar-refractivity contribution in [3.8, 4) is 0 Å². The maximum atomic E-state index is 12.1. The second kappa shape index (κ2) is 8.44. The number of fused-ring (bicyclic) bond motifs is 1. The Balaban J connectivity index is 1.68. The minimum atomic E-state index is -0.0345. The third kappa shape index (κ3) is 4.58. The first kappa shape index (κ1) is 15.5. The first-order valence-corrected chi connectivity index (χ1v) is 7.24. The van der Waals surface area contributed by atoms with E-state index in [1.54, 1.807) is 13.3 Å². The molecule has 0 spiro atoms. The summed E-state index contributed by atoms with van der Waals surface area (Å²) in [4.78, 5) is 15.2. The lowest BCUT2D eigenvalue weighted by molar-refractivity contribution is 0.0686. The summed E-state index contributed by atoms with van der Waals surface area (Å²) in [5.74, 6) is -0.0345. The lowest BCUT2D eigenvalue weighted by Gasteiger charge is -2.05. The van der Waals surface area contributed by atoms with Gasteiger partial charge < -0.3 is 19.8 Å². The molecule has 2 rings (SSSR count). The Morgan fingerprint density at radius 1 is 1.19 bits per heavy atom. The lowest BCUT2D eigenvalue weighted by atomic mass is 10.1. The molecule has 5 nitrogen and oxygen atoms in total. The molecule has 0 atom stereocenters. The Morgan fingerprint density at radius 3 is 2.90 bits per heavy atom. The fourth-order valence-corrected chi connectivity index (χ4v) is 2.13. The van der Waals surface area contributed by atoms with E-state index in [4.69, 9.17) is 9.47 Å². The zero-order chi connectivity index (χ0) is 14.9. The molecular weight excluding hydrogens is 268 g/mol. The molecule has 0 unspecified atom stereocenters. The molecule has 1 heterocycles. The van der Waals surface area contributed by atoms with Crippen molar-refractivity contribution in [1.82, 2.24) is 10.3 Å². The number of unbranched alkanes of at least 4 members (excludes halogenated alkanes) is 1. The van der Waals surface area contributed by atoms with Gasteiger partial charge in [-0.05, 0) is 18.9 Å². The number of rotatable bonds is 9. The number of carbonyl (C=O) groups is 1. The van der Waals surface area contributed by atoms with Gasteiger partial charge >= 0.3 is 0 Å². The Hall–Kier alpha value is -1.85. The van der Waals surface area contributed by atoms with Gasteiger partial charge in [-0.1, -0.05) is 18.2 Å². The maximum Gasteiger partial charge on any atom is 0.253 e. The fraction of sp³-hybridized carbons (Fsp3) is 0.438. The van der Waals surface area contributed by atoms with Crippen molar-refractivity contribution in [2.24, 2.45) is 0 Å². The van der Waals surface area contributed by atoms with Crippen molar-refractivity contribution < 1.29 is 14.3 Å². The molecule has 0 saturated heterocycles. The molecule has 0 bridgehead atoms. The van der Waals surface area contributed by atoms with Crippen LogP contribution in [0, 0.1) is 0 Å². The molecule has 0 aliphatic carbocycles. The Labute approximate surface area is 124 Å². The molecule has 2 N–H and O–H groups in total. The lowest BCUT2D eigenvalue weighted by Crippen LogP contribution is -2.24. The van der Waals surface area contributed by atoms with E-state index in [1.807, 2.05) is 24.3 Å². The molecule has 2 aromatic rings. The molecule has 0 radical (unpaired) electrons. The first-order chi connectivity index (χ1) is 10.3. The van der Waals surface area contributed by atoms with Gasteiger partial charge in [-0.2, -0.15) is 0 Å². The van der Waals surface area contributed by atoms with Crippen molar-refractivity contribution in [1.29, 1.82) is 0 Å². The summed E-state index contributed by atoms with van der Waals surface area (Å²) < 4.78 is 10.3. The Kier molecular flexibility index (Phi) is 6.24.